The molecule has 0 nitrogen and oxygen atoms in total. The second-order valence-corrected chi connectivity index (χ2v) is 8.82. The molecule has 6 heteroatoms. The van der Waals surface area contributed by atoms with Gasteiger partial charge in [-0.15, -0.1) is 0 Å². The molecule has 0 aliphatic carbocycles. The number of hydrogen-bond donors (Lipinski definition) is 0. The third-order valence-electron chi connectivity index (χ3n) is 5.48. The van der Waals surface area contributed by atoms with Crippen molar-refractivity contribution in [2.45, 2.75) is 0 Å². The van der Waals surface area contributed by atoms with Crippen molar-refractivity contribution in [2.24, 2.45) is 0 Å². The molecule has 0 atom stereocenters. The van der Waals surface area contributed by atoms with E-state index in [0.29, 0.717) is 20.1 Å². The molecule has 0 aromatic heterocycles. The van der Waals surface area contributed by atoms with Gasteiger partial charge in [0.05, 0.1) is 0 Å². The molecular weight excluding hydrogens is 464 g/mol. The first kappa shape index (κ1) is 23.8. The van der Waals surface area contributed by atoms with Crippen LogP contribution < -0.4 is 51.4 Å². The largest absolute Gasteiger partial charge is 1.00 e. The van der Waals surface area contributed by atoms with Gasteiger partial charge in [-0.2, -0.15) is 21.9 Å². The molecule has 0 amide bonds. The Bertz CT molecular complexity index is 922. The van der Waals surface area contributed by atoms with Crippen LogP contribution in [0.4, 0.5) is 0 Å². The first-order chi connectivity index (χ1) is 14.0. The van der Waals surface area contributed by atoms with Gasteiger partial charge in [-0.25, -0.2) is 0 Å². The average Bonchev–Trinajstić information content (AvgIpc) is 2.73. The van der Waals surface area contributed by atoms with Crippen LogP contribution in [0.3, 0.4) is 0 Å². The fraction of sp³-hybridized carbons (Fsp3) is 0. The second-order valence-electron chi connectivity index (χ2n) is 7.07. The van der Waals surface area contributed by atoms with Crippen molar-refractivity contribution >= 4 is 74.4 Å². The zero-order valence-electron chi connectivity index (χ0n) is 16.3. The second kappa shape index (κ2) is 10.1. The summed E-state index contributed by atoms with van der Waals surface area (Å²) >= 11 is 24.9. The Morgan fingerprint density at radius 1 is 0.333 bits per heavy atom. The maximum Gasteiger partial charge on any atom is 1.00 e. The van der Waals surface area contributed by atoms with Gasteiger partial charge in [0.15, 0.2) is 0 Å². The van der Waals surface area contributed by atoms with E-state index in [1.807, 2.05) is 48.5 Å². The van der Waals surface area contributed by atoms with Crippen molar-refractivity contribution < 1.29 is 29.6 Å². The predicted octanol–water partition coefficient (Wildman–Crippen LogP) is 2.68. The molecule has 0 N–H and O–H groups in total. The van der Waals surface area contributed by atoms with Gasteiger partial charge in [0.1, 0.15) is 6.15 Å². The van der Waals surface area contributed by atoms with Gasteiger partial charge in [0, 0.05) is 20.1 Å². The molecule has 0 aliphatic heterocycles. The molecule has 0 bridgehead atoms. The fourth-order valence-corrected chi connectivity index (χ4v) is 4.66. The van der Waals surface area contributed by atoms with Crippen molar-refractivity contribution in [3.05, 3.63) is 117 Å². The van der Waals surface area contributed by atoms with Crippen LogP contribution in [-0.4, -0.2) is 6.15 Å². The number of benzene rings is 4. The van der Waals surface area contributed by atoms with Crippen LogP contribution in [0.25, 0.3) is 0 Å². The van der Waals surface area contributed by atoms with Gasteiger partial charge in [0.2, 0.25) is 0 Å². The molecule has 4 aromatic carbocycles. The molecule has 0 aliphatic rings. The van der Waals surface area contributed by atoms with Crippen molar-refractivity contribution in [2.75, 3.05) is 0 Å². The molecule has 0 saturated carbocycles. The molecule has 0 spiro atoms. The third-order valence-corrected chi connectivity index (χ3v) is 6.49. The summed E-state index contributed by atoms with van der Waals surface area (Å²) < 4.78 is 0. The number of halogens is 4. The Kier molecular flexibility index (Phi) is 8.04. The molecule has 4 rings (SSSR count). The van der Waals surface area contributed by atoms with E-state index in [2.05, 4.69) is 48.5 Å². The normalized spacial score (nSPS) is 11.1. The van der Waals surface area contributed by atoms with E-state index in [1.165, 1.54) is 0 Å². The topological polar surface area (TPSA) is 0 Å². The van der Waals surface area contributed by atoms with E-state index in [-0.39, 0.29) is 29.6 Å². The van der Waals surface area contributed by atoms with Gasteiger partial charge >= 0.3 is 29.6 Å². The molecule has 30 heavy (non-hydrogen) atoms. The van der Waals surface area contributed by atoms with Gasteiger partial charge in [-0.05, 0) is 48.5 Å². The Morgan fingerprint density at radius 3 is 0.667 bits per heavy atom. The summed E-state index contributed by atoms with van der Waals surface area (Å²) in [5.74, 6) is 0. The van der Waals surface area contributed by atoms with Crippen molar-refractivity contribution in [3.8, 4) is 0 Å². The number of rotatable bonds is 4. The molecule has 0 unspecified atom stereocenters. The number of hydrogen-bond acceptors (Lipinski definition) is 0. The van der Waals surface area contributed by atoms with E-state index in [4.69, 9.17) is 46.4 Å². The Morgan fingerprint density at radius 2 is 0.500 bits per heavy atom. The third kappa shape index (κ3) is 4.64. The minimum Gasteiger partial charge on any atom is -0.195 e. The summed E-state index contributed by atoms with van der Waals surface area (Å²) in [5.41, 5.74) is 4.56. The molecule has 0 heterocycles. The zero-order chi connectivity index (χ0) is 20.4. The summed E-state index contributed by atoms with van der Waals surface area (Å²) in [6.45, 7) is 0. The van der Waals surface area contributed by atoms with E-state index < -0.39 is 6.15 Å². The average molecular weight is 480 g/mol. The smallest absolute Gasteiger partial charge is 0.195 e. The van der Waals surface area contributed by atoms with E-state index in [1.54, 1.807) is 0 Å². The van der Waals surface area contributed by atoms with Crippen LogP contribution in [0.2, 0.25) is 20.1 Å². The monoisotopic (exact) mass is 478 g/mol. The van der Waals surface area contributed by atoms with Crippen molar-refractivity contribution in [1.29, 1.82) is 0 Å². The molecule has 0 radical (unpaired) electrons. The van der Waals surface area contributed by atoms with E-state index in [0.717, 1.165) is 21.9 Å². The summed E-state index contributed by atoms with van der Waals surface area (Å²) in [6, 6.07) is 32.1. The molecule has 0 fully saturated rings. The Hall–Kier alpha value is -0.895. The Labute approximate surface area is 219 Å². The van der Waals surface area contributed by atoms with Gasteiger partial charge in [-0.3, -0.25) is 0 Å². The predicted molar refractivity (Wildman–Crippen MR) is 130 cm³/mol. The van der Waals surface area contributed by atoms with E-state index >= 15 is 0 Å². The Balaban J connectivity index is 0.00000256. The molecule has 4 aromatic rings. The fourth-order valence-electron chi connectivity index (χ4n) is 4.16. The summed E-state index contributed by atoms with van der Waals surface area (Å²) in [7, 11) is 0. The quantitative estimate of drug-likeness (QED) is 0.395. The minimum absolute atomic E-state index is 0. The standard InChI is InChI=1S/C24H16BCl4.Na/c26-21-9-1-17(2-10-21)25(18-3-11-22(27)12-4-18,19-5-13-23(28)14-6-19)20-7-15-24(29)16-8-20;/h1-16H;/q-1;+1. The van der Waals surface area contributed by atoms with Gasteiger partial charge in [0.25, 0.3) is 0 Å². The van der Waals surface area contributed by atoms with Crippen LogP contribution in [0.5, 0.6) is 0 Å². The van der Waals surface area contributed by atoms with Crippen LogP contribution in [0, 0.1) is 0 Å². The maximum atomic E-state index is 6.22. The van der Waals surface area contributed by atoms with Crippen LogP contribution in [0.15, 0.2) is 97.1 Å². The minimum atomic E-state index is -1.51. The summed E-state index contributed by atoms with van der Waals surface area (Å²) in [6.07, 6.45) is -1.51. The van der Waals surface area contributed by atoms with E-state index in [9.17, 15) is 0 Å². The molecule has 0 saturated heterocycles. The van der Waals surface area contributed by atoms with Crippen molar-refractivity contribution in [1.82, 2.24) is 0 Å². The summed E-state index contributed by atoms with van der Waals surface area (Å²) in [5, 5.41) is 2.78. The van der Waals surface area contributed by atoms with Gasteiger partial charge < -0.3 is 0 Å². The molecular formula is C24H16BCl4Na. The zero-order valence-corrected chi connectivity index (χ0v) is 21.4. The first-order valence-corrected chi connectivity index (χ1v) is 10.7. The first-order valence-electron chi connectivity index (χ1n) is 9.20. The van der Waals surface area contributed by atoms with Crippen molar-refractivity contribution in [3.63, 3.8) is 0 Å². The summed E-state index contributed by atoms with van der Waals surface area (Å²) in [4.78, 5) is 0. The van der Waals surface area contributed by atoms with Crippen LogP contribution in [-0.2, 0) is 0 Å². The van der Waals surface area contributed by atoms with Gasteiger partial charge in [-0.1, -0.05) is 94.9 Å². The molecule has 144 valence electrons. The SMILES string of the molecule is Clc1ccc([B-](c2ccc(Cl)cc2)(c2ccc(Cl)cc2)c2ccc(Cl)cc2)cc1.[Na+]. The van der Waals surface area contributed by atoms with Crippen LogP contribution >= 0.6 is 46.4 Å². The maximum absolute atomic E-state index is 6.22. The van der Waals surface area contributed by atoms with Crippen LogP contribution in [0.1, 0.15) is 0 Å².